The molecule has 2 aliphatic rings. The summed E-state index contributed by atoms with van der Waals surface area (Å²) in [6.45, 7) is 6.81. The zero-order valence-electron chi connectivity index (χ0n) is 7.79. The van der Waals surface area contributed by atoms with Gasteiger partial charge in [0, 0.05) is 13.1 Å². The predicted molar refractivity (Wildman–Crippen MR) is 44.0 cm³/mol. The first kappa shape index (κ1) is 7.56. The van der Waals surface area contributed by atoms with Gasteiger partial charge in [0.2, 0.25) is 0 Å². The van der Waals surface area contributed by atoms with Crippen molar-refractivity contribution < 1.29 is 4.84 Å². The van der Waals surface area contributed by atoms with Crippen LogP contribution in [0.5, 0.6) is 0 Å². The summed E-state index contributed by atoms with van der Waals surface area (Å²) in [5, 5.41) is 2.01. The van der Waals surface area contributed by atoms with E-state index < -0.39 is 0 Å². The largest absolute Gasteiger partial charge is 0.292 e. The lowest BCUT2D eigenvalue weighted by molar-refractivity contribution is -0.159. The monoisotopic (exact) mass is 155 g/mol. The summed E-state index contributed by atoms with van der Waals surface area (Å²) in [5.74, 6) is 1.52. The summed E-state index contributed by atoms with van der Waals surface area (Å²) < 4.78 is 0. The first-order valence-corrected chi connectivity index (χ1v) is 4.50. The van der Waals surface area contributed by atoms with Crippen molar-refractivity contribution in [3.63, 3.8) is 0 Å². The minimum Gasteiger partial charge on any atom is -0.292 e. The molecule has 1 aliphatic heterocycles. The first-order chi connectivity index (χ1) is 5.08. The summed E-state index contributed by atoms with van der Waals surface area (Å²) in [6.07, 6.45) is 1.21. The fraction of sp³-hybridized carbons (Fsp3) is 1.00. The van der Waals surface area contributed by atoms with E-state index in [0.717, 1.165) is 11.8 Å². The molecule has 3 unspecified atom stereocenters. The molecule has 2 rings (SSSR count). The van der Waals surface area contributed by atoms with E-state index in [9.17, 15) is 0 Å². The van der Waals surface area contributed by atoms with Gasteiger partial charge in [-0.1, -0.05) is 13.8 Å². The molecule has 2 fully saturated rings. The summed E-state index contributed by atoms with van der Waals surface area (Å²) in [4.78, 5) is 5.83. The molecule has 0 N–H and O–H groups in total. The van der Waals surface area contributed by atoms with Gasteiger partial charge >= 0.3 is 0 Å². The molecule has 11 heavy (non-hydrogen) atoms. The normalized spacial score (nSPS) is 57.3. The van der Waals surface area contributed by atoms with Crippen LogP contribution in [0.3, 0.4) is 0 Å². The second-order valence-corrected chi connectivity index (χ2v) is 4.22. The summed E-state index contributed by atoms with van der Waals surface area (Å²) in [6, 6.07) is 0.599. The Hall–Kier alpha value is -0.0800. The van der Waals surface area contributed by atoms with Gasteiger partial charge in [-0.05, 0) is 25.2 Å². The number of rotatable bonds is 0. The Morgan fingerprint density at radius 2 is 1.82 bits per heavy atom. The Morgan fingerprint density at radius 1 is 1.27 bits per heavy atom. The van der Waals surface area contributed by atoms with Crippen molar-refractivity contribution in [3.05, 3.63) is 0 Å². The van der Waals surface area contributed by atoms with Gasteiger partial charge in [-0.2, -0.15) is 5.06 Å². The first-order valence-electron chi connectivity index (χ1n) is 4.50. The van der Waals surface area contributed by atoms with E-state index in [1.54, 1.807) is 0 Å². The summed E-state index contributed by atoms with van der Waals surface area (Å²) in [7, 11) is 2.04. The van der Waals surface area contributed by atoms with Crippen molar-refractivity contribution in [2.24, 2.45) is 11.8 Å². The number of nitrogens with zero attached hydrogens (tertiary/aromatic N) is 1. The van der Waals surface area contributed by atoms with E-state index in [2.05, 4.69) is 20.8 Å². The molecule has 3 atom stereocenters. The molecule has 0 aromatic carbocycles. The highest BCUT2D eigenvalue weighted by Crippen LogP contribution is 2.59. The van der Waals surface area contributed by atoms with Crippen molar-refractivity contribution >= 4 is 0 Å². The van der Waals surface area contributed by atoms with Gasteiger partial charge in [-0.25, -0.2) is 0 Å². The van der Waals surface area contributed by atoms with Crippen LogP contribution in [-0.2, 0) is 4.84 Å². The molecular formula is C9H17NO. The highest BCUT2D eigenvalue weighted by atomic mass is 16.7. The van der Waals surface area contributed by atoms with Crippen LogP contribution in [0.4, 0.5) is 0 Å². The molecule has 0 radical (unpaired) electrons. The fourth-order valence-electron chi connectivity index (χ4n) is 2.35. The molecule has 2 heteroatoms. The van der Waals surface area contributed by atoms with E-state index in [1.165, 1.54) is 6.42 Å². The maximum atomic E-state index is 5.83. The van der Waals surface area contributed by atoms with Crippen molar-refractivity contribution in [2.45, 2.75) is 38.8 Å². The van der Waals surface area contributed by atoms with Gasteiger partial charge in [0.1, 0.15) is 0 Å². The number of hydroxylamine groups is 2. The molecule has 1 saturated carbocycles. The van der Waals surface area contributed by atoms with Gasteiger partial charge in [-0.3, -0.25) is 4.84 Å². The zero-order valence-corrected chi connectivity index (χ0v) is 7.79. The molecule has 1 saturated heterocycles. The average Bonchev–Trinajstić information content (AvgIpc) is 2.35. The smallest absolute Gasteiger partial charge is 0.0973 e. The van der Waals surface area contributed by atoms with Crippen LogP contribution < -0.4 is 0 Å². The molecule has 2 nitrogen and oxygen atoms in total. The fourth-order valence-corrected chi connectivity index (χ4v) is 2.35. The van der Waals surface area contributed by atoms with E-state index in [4.69, 9.17) is 4.84 Å². The number of hydrogen-bond donors (Lipinski definition) is 0. The molecular weight excluding hydrogens is 138 g/mol. The third kappa shape index (κ3) is 0.798. The topological polar surface area (TPSA) is 12.5 Å². The maximum Gasteiger partial charge on any atom is 0.0973 e. The Kier molecular flexibility index (Phi) is 1.37. The van der Waals surface area contributed by atoms with Crippen LogP contribution in [0.25, 0.3) is 0 Å². The second-order valence-electron chi connectivity index (χ2n) is 4.22. The standard InChI is InChI=1S/C9H17NO/c1-6-5-9(11-10(6)4)7(2)8(9)3/h6-8H,5H2,1-4H3. The summed E-state index contributed by atoms with van der Waals surface area (Å²) in [5.41, 5.74) is 0.230. The van der Waals surface area contributed by atoms with Crippen LogP contribution in [-0.4, -0.2) is 23.8 Å². The highest BCUT2D eigenvalue weighted by molar-refractivity contribution is 5.12. The quantitative estimate of drug-likeness (QED) is 0.527. The van der Waals surface area contributed by atoms with Crippen molar-refractivity contribution in [3.8, 4) is 0 Å². The Morgan fingerprint density at radius 3 is 2.00 bits per heavy atom. The van der Waals surface area contributed by atoms with Gasteiger partial charge in [0.05, 0.1) is 5.60 Å². The third-order valence-electron chi connectivity index (χ3n) is 3.73. The molecule has 1 spiro atoms. The van der Waals surface area contributed by atoms with Gasteiger partial charge < -0.3 is 0 Å². The SMILES string of the molecule is CC1CC2(ON1C)C(C)C2C. The van der Waals surface area contributed by atoms with Crippen LogP contribution in [0.1, 0.15) is 27.2 Å². The Labute approximate surface area is 68.5 Å². The molecule has 0 bridgehead atoms. The van der Waals surface area contributed by atoms with Crippen LogP contribution in [0.2, 0.25) is 0 Å². The van der Waals surface area contributed by atoms with Crippen molar-refractivity contribution in [1.82, 2.24) is 5.06 Å². The lowest BCUT2D eigenvalue weighted by Gasteiger charge is -2.12. The summed E-state index contributed by atoms with van der Waals surface area (Å²) >= 11 is 0. The van der Waals surface area contributed by atoms with Gasteiger partial charge in [-0.15, -0.1) is 0 Å². The highest BCUT2D eigenvalue weighted by Gasteiger charge is 2.65. The van der Waals surface area contributed by atoms with E-state index in [-0.39, 0.29) is 5.60 Å². The lowest BCUT2D eigenvalue weighted by Crippen LogP contribution is -2.20. The predicted octanol–water partition coefficient (Wildman–Crippen LogP) is 1.67. The minimum atomic E-state index is 0.230. The van der Waals surface area contributed by atoms with Crippen molar-refractivity contribution in [1.29, 1.82) is 0 Å². The molecule has 0 aromatic rings. The van der Waals surface area contributed by atoms with Crippen LogP contribution in [0, 0.1) is 11.8 Å². The number of hydrogen-bond acceptors (Lipinski definition) is 2. The molecule has 1 aliphatic carbocycles. The Bertz CT molecular complexity index is 156. The van der Waals surface area contributed by atoms with Crippen LogP contribution in [0.15, 0.2) is 0 Å². The third-order valence-corrected chi connectivity index (χ3v) is 3.73. The molecule has 0 amide bonds. The van der Waals surface area contributed by atoms with Gasteiger partial charge in [0.25, 0.3) is 0 Å². The minimum absolute atomic E-state index is 0.230. The second kappa shape index (κ2) is 1.99. The zero-order chi connectivity index (χ0) is 8.22. The average molecular weight is 155 g/mol. The van der Waals surface area contributed by atoms with E-state index >= 15 is 0 Å². The van der Waals surface area contributed by atoms with E-state index in [1.807, 2.05) is 12.1 Å². The van der Waals surface area contributed by atoms with E-state index in [0.29, 0.717) is 6.04 Å². The maximum absolute atomic E-state index is 5.83. The molecule has 64 valence electrons. The Balaban J connectivity index is 2.11. The van der Waals surface area contributed by atoms with Crippen LogP contribution >= 0.6 is 0 Å². The molecule has 1 heterocycles. The molecule has 0 aromatic heterocycles. The van der Waals surface area contributed by atoms with Gasteiger partial charge in [0.15, 0.2) is 0 Å². The lowest BCUT2D eigenvalue weighted by atomic mass is 10.1. The van der Waals surface area contributed by atoms with Crippen molar-refractivity contribution in [2.75, 3.05) is 7.05 Å².